The summed E-state index contributed by atoms with van der Waals surface area (Å²) in [6.45, 7) is 4.66. The minimum atomic E-state index is -4.80. The van der Waals surface area contributed by atoms with Crippen LogP contribution in [0.3, 0.4) is 0 Å². The van der Waals surface area contributed by atoms with Crippen molar-refractivity contribution in [3.63, 3.8) is 0 Å². The van der Waals surface area contributed by atoms with Crippen LogP contribution in [-0.2, 0) is 15.7 Å². The molecule has 2 aliphatic heterocycles. The van der Waals surface area contributed by atoms with Crippen molar-refractivity contribution >= 4 is 91.7 Å². The van der Waals surface area contributed by atoms with E-state index in [4.69, 9.17) is 42.1 Å². The molecular weight excluding hydrogens is 1110 g/mol. The molecule has 0 bridgehead atoms. The number of aromatic nitrogens is 4. The van der Waals surface area contributed by atoms with E-state index < -0.39 is 92.4 Å². The number of morpholine rings is 2. The second kappa shape index (κ2) is 23.6. The molecule has 6 aromatic carbocycles. The highest BCUT2D eigenvalue weighted by Gasteiger charge is 2.34. The van der Waals surface area contributed by atoms with E-state index in [9.17, 15) is 53.5 Å². The van der Waals surface area contributed by atoms with Crippen LogP contribution in [0, 0.1) is 40.7 Å². The number of nitrogens with one attached hydrogen (secondary N) is 4. The Morgan fingerprint density at radius 1 is 0.506 bits per heavy atom. The van der Waals surface area contributed by atoms with Gasteiger partial charge in [0.15, 0.2) is 23.3 Å². The summed E-state index contributed by atoms with van der Waals surface area (Å²) in [6.07, 6.45) is -1.59. The van der Waals surface area contributed by atoms with Gasteiger partial charge in [-0.05, 0) is 60.7 Å². The number of carbonyl (C=O) groups is 2. The predicted octanol–water partition coefficient (Wildman–Crippen LogP) is 13.1. The van der Waals surface area contributed by atoms with Crippen LogP contribution < -0.4 is 40.5 Å². The van der Waals surface area contributed by atoms with E-state index in [0.29, 0.717) is 105 Å². The minimum absolute atomic E-state index is 0.00801. The highest BCUT2D eigenvalue weighted by Crippen LogP contribution is 2.38. The molecule has 0 unspecified atom stereocenters. The van der Waals surface area contributed by atoms with Crippen LogP contribution in [0.4, 0.5) is 87.9 Å². The topological polar surface area (TPSA) is 177 Å². The fraction of sp³-hybridized carbons (Fsp3) is 0.176. The second-order valence-electron chi connectivity index (χ2n) is 16.9. The van der Waals surface area contributed by atoms with Crippen molar-refractivity contribution < 1.29 is 72.4 Å². The molecule has 4 heterocycles. The average Bonchev–Trinajstić information content (AvgIpc) is 3.52. The minimum Gasteiger partial charge on any atom is -0.451 e. The molecule has 2 fully saturated rings. The molecule has 8 aromatic rings. The molecule has 4 amide bonds. The van der Waals surface area contributed by atoms with Gasteiger partial charge in [-0.1, -0.05) is 23.2 Å². The number of urea groups is 2. The summed E-state index contributed by atoms with van der Waals surface area (Å²) >= 11 is 11.1. The van der Waals surface area contributed by atoms with Crippen molar-refractivity contribution in [2.75, 3.05) is 83.7 Å². The molecule has 410 valence electrons. The summed E-state index contributed by atoms with van der Waals surface area (Å²) in [5, 5.41) is 7.29. The number of nitrogens with zero attached hydrogens (tertiary/aromatic N) is 6. The highest BCUT2D eigenvalue weighted by molar-refractivity contribution is 6.31. The lowest BCUT2D eigenvalue weighted by molar-refractivity contribution is -0.137. The Balaban J connectivity index is 0.000000192. The Morgan fingerprint density at radius 2 is 0.937 bits per heavy atom. The number of anilines is 6. The second-order valence-corrected chi connectivity index (χ2v) is 17.7. The molecule has 0 radical (unpaired) electrons. The van der Waals surface area contributed by atoms with E-state index in [1.54, 1.807) is 18.5 Å². The SMILES string of the molecule is O=C(Nc1ccc(Cl)c(C(F)(F)F)c1)Nc1cc(F)c(Oc2ccc3ncc(N4CCOCC4)nc3c2)c(F)c1F.O=C(Nc1ccc(Cl)c(F)c1)Nc1cc(F)c(Oc2ccc3ncc(N4CCOCC4)nc3c2)c(F)c1F. The van der Waals surface area contributed by atoms with Gasteiger partial charge in [0.05, 0.1) is 87.9 Å². The Bertz CT molecular complexity index is 3640. The van der Waals surface area contributed by atoms with Crippen LogP contribution in [0.25, 0.3) is 22.1 Å². The number of hydrogen-bond donors (Lipinski definition) is 4. The van der Waals surface area contributed by atoms with Crippen molar-refractivity contribution in [2.24, 2.45) is 0 Å². The molecular formula is C51H36Cl2F10N10O6. The van der Waals surface area contributed by atoms with Gasteiger partial charge in [-0.15, -0.1) is 0 Å². The zero-order chi connectivity index (χ0) is 56.1. The van der Waals surface area contributed by atoms with Crippen LogP contribution in [-0.4, -0.2) is 84.6 Å². The first-order valence-electron chi connectivity index (χ1n) is 23.2. The first kappa shape index (κ1) is 55.3. The molecule has 28 heteroatoms. The maximum absolute atomic E-state index is 14.8. The maximum Gasteiger partial charge on any atom is 0.417 e. The number of benzene rings is 6. The Morgan fingerprint density at radius 3 is 1.37 bits per heavy atom. The molecule has 10 rings (SSSR count). The van der Waals surface area contributed by atoms with Gasteiger partial charge in [-0.25, -0.2) is 41.5 Å². The third-order valence-electron chi connectivity index (χ3n) is 11.5. The van der Waals surface area contributed by atoms with Gasteiger partial charge in [-0.2, -0.15) is 22.0 Å². The molecule has 0 aliphatic carbocycles. The van der Waals surface area contributed by atoms with E-state index in [1.165, 1.54) is 42.5 Å². The molecule has 4 N–H and O–H groups in total. The Labute approximate surface area is 449 Å². The molecule has 2 aromatic heterocycles. The number of hydrogen-bond acceptors (Lipinski definition) is 12. The van der Waals surface area contributed by atoms with E-state index in [2.05, 4.69) is 25.3 Å². The zero-order valence-electron chi connectivity index (χ0n) is 40.1. The first-order chi connectivity index (χ1) is 37.8. The summed E-state index contributed by atoms with van der Waals surface area (Å²) in [6, 6.07) is 13.2. The van der Waals surface area contributed by atoms with Crippen LogP contribution in [0.1, 0.15) is 5.56 Å². The van der Waals surface area contributed by atoms with E-state index >= 15 is 0 Å². The Kier molecular flexibility index (Phi) is 16.6. The van der Waals surface area contributed by atoms with Crippen molar-refractivity contribution in [2.45, 2.75) is 6.18 Å². The maximum atomic E-state index is 14.8. The largest absolute Gasteiger partial charge is 0.451 e. The number of fused-ring (bicyclic) bond motifs is 2. The third kappa shape index (κ3) is 13.1. The zero-order valence-corrected chi connectivity index (χ0v) is 41.6. The number of rotatable bonds is 10. The quantitative estimate of drug-likeness (QED) is 0.0754. The molecule has 2 saturated heterocycles. The lowest BCUT2D eigenvalue weighted by Gasteiger charge is -2.27. The number of amides is 4. The van der Waals surface area contributed by atoms with Crippen molar-refractivity contribution in [1.82, 2.24) is 19.9 Å². The summed E-state index contributed by atoms with van der Waals surface area (Å²) in [7, 11) is 0. The number of carbonyl (C=O) groups excluding carboxylic acids is 2. The van der Waals surface area contributed by atoms with Crippen molar-refractivity contribution in [3.8, 4) is 23.0 Å². The lowest BCUT2D eigenvalue weighted by atomic mass is 10.2. The van der Waals surface area contributed by atoms with Crippen LogP contribution in [0.5, 0.6) is 23.0 Å². The van der Waals surface area contributed by atoms with Gasteiger partial charge in [-0.3, -0.25) is 9.97 Å². The fourth-order valence-electron chi connectivity index (χ4n) is 7.70. The standard InChI is InChI=1S/C26H18ClF6N5O3.C25H18ClF4N5O3/c27-16-3-1-13(9-15(16)26(31,32)33)35-25(39)37-20-11-17(28)24(23(30)22(20)29)41-14-2-4-18-19(10-14)36-21(12-34-18)38-5-7-40-8-6-38;26-15-3-1-13(9-16(15)27)32-25(36)34-20-11-17(28)24(23(30)22(20)29)38-14-2-4-18-19(10-14)33-21(12-31-18)35-5-7-37-8-6-35/h1-4,9-12H,5-8H2,(H2,35,37,39);1-4,9-12H,5-8H2,(H2,32,34,36). The molecule has 79 heavy (non-hydrogen) atoms. The number of ether oxygens (including phenoxy) is 4. The Hall–Kier alpha value is -8.46. The fourth-order valence-corrected chi connectivity index (χ4v) is 8.05. The van der Waals surface area contributed by atoms with Gasteiger partial charge in [0, 0.05) is 61.8 Å². The molecule has 0 atom stereocenters. The number of halogens is 12. The van der Waals surface area contributed by atoms with Crippen molar-refractivity contribution in [3.05, 3.63) is 154 Å². The lowest BCUT2D eigenvalue weighted by Crippen LogP contribution is -2.36. The monoisotopic (exact) mass is 1140 g/mol. The summed E-state index contributed by atoms with van der Waals surface area (Å²) in [4.78, 5) is 46.1. The van der Waals surface area contributed by atoms with E-state index in [-0.39, 0.29) is 27.9 Å². The smallest absolute Gasteiger partial charge is 0.417 e. The molecule has 16 nitrogen and oxygen atoms in total. The molecule has 2 aliphatic rings. The predicted molar refractivity (Wildman–Crippen MR) is 271 cm³/mol. The van der Waals surface area contributed by atoms with Gasteiger partial charge in [0.2, 0.25) is 23.1 Å². The van der Waals surface area contributed by atoms with Gasteiger partial charge in [0.1, 0.15) is 29.0 Å². The van der Waals surface area contributed by atoms with E-state index in [1.807, 2.05) is 25.8 Å². The average molecular weight is 1150 g/mol. The summed E-state index contributed by atoms with van der Waals surface area (Å²) in [5.41, 5.74) is -1.53. The summed E-state index contributed by atoms with van der Waals surface area (Å²) < 4.78 is 163. The van der Waals surface area contributed by atoms with Gasteiger partial charge in [0.25, 0.3) is 0 Å². The number of alkyl halides is 3. The van der Waals surface area contributed by atoms with Gasteiger partial charge < -0.3 is 50.0 Å². The molecule has 0 spiro atoms. The third-order valence-corrected chi connectivity index (χ3v) is 12.2. The van der Waals surface area contributed by atoms with Crippen molar-refractivity contribution in [1.29, 1.82) is 0 Å². The van der Waals surface area contributed by atoms with Gasteiger partial charge >= 0.3 is 18.2 Å². The van der Waals surface area contributed by atoms with E-state index in [0.717, 1.165) is 18.2 Å². The summed E-state index contributed by atoms with van der Waals surface area (Å²) in [5.74, 6) is -11.1. The van der Waals surface area contributed by atoms with Crippen LogP contribution >= 0.6 is 23.2 Å². The molecule has 0 saturated carbocycles. The van der Waals surface area contributed by atoms with Crippen LogP contribution in [0.2, 0.25) is 10.0 Å². The van der Waals surface area contributed by atoms with Crippen LogP contribution in [0.15, 0.2) is 97.3 Å². The highest BCUT2D eigenvalue weighted by atomic mass is 35.5. The first-order valence-corrected chi connectivity index (χ1v) is 23.9. The normalized spacial score (nSPS) is 13.6.